The summed E-state index contributed by atoms with van der Waals surface area (Å²) in [5.74, 6) is 1.28. The second-order valence-corrected chi connectivity index (χ2v) is 6.09. The van der Waals surface area contributed by atoms with Gasteiger partial charge in [0.1, 0.15) is 0 Å². The van der Waals surface area contributed by atoms with Gasteiger partial charge < -0.3 is 9.32 Å². The summed E-state index contributed by atoms with van der Waals surface area (Å²) >= 11 is 1.59. The van der Waals surface area contributed by atoms with Crippen LogP contribution in [0.2, 0.25) is 0 Å². The van der Waals surface area contributed by atoms with Crippen LogP contribution in [-0.2, 0) is 11.2 Å². The Morgan fingerprint density at radius 2 is 2.05 bits per heavy atom. The fraction of sp³-hybridized carbons (Fsp3) is 0.533. The summed E-state index contributed by atoms with van der Waals surface area (Å²) in [7, 11) is 0. The van der Waals surface area contributed by atoms with Crippen molar-refractivity contribution in [1.29, 1.82) is 0 Å². The minimum atomic E-state index is 0.201. The number of carbonyl (C=O) groups excluding carboxylic acids is 1. The van der Waals surface area contributed by atoms with Crippen LogP contribution in [0, 0.1) is 0 Å². The average Bonchev–Trinajstić information content (AvgIpc) is 3.11. The van der Waals surface area contributed by atoms with Crippen molar-refractivity contribution in [2.24, 2.45) is 0 Å². The van der Waals surface area contributed by atoms with Crippen LogP contribution in [0.15, 0.2) is 21.2 Å². The molecule has 0 aliphatic carbocycles. The molecule has 0 atom stereocenters. The number of thiophene rings is 1. The smallest absolute Gasteiger partial charge is 0.248 e. The molecule has 0 aromatic carbocycles. The lowest BCUT2D eigenvalue weighted by Gasteiger charge is -2.19. The van der Waals surface area contributed by atoms with Gasteiger partial charge in [0, 0.05) is 36.9 Å². The van der Waals surface area contributed by atoms with E-state index in [1.165, 1.54) is 12.8 Å². The van der Waals surface area contributed by atoms with Crippen LogP contribution in [-0.4, -0.2) is 34.1 Å². The maximum Gasteiger partial charge on any atom is 0.248 e. The van der Waals surface area contributed by atoms with Gasteiger partial charge in [0.25, 0.3) is 0 Å². The third kappa shape index (κ3) is 3.69. The van der Waals surface area contributed by atoms with E-state index in [1.54, 1.807) is 11.3 Å². The SMILES string of the molecule is O=C(CCc1nnc(-c2ccsc2)o1)N1CCCCCC1. The highest BCUT2D eigenvalue weighted by atomic mass is 32.1. The maximum absolute atomic E-state index is 12.2. The van der Waals surface area contributed by atoms with Gasteiger partial charge in [-0.05, 0) is 24.3 Å². The molecule has 2 aromatic heterocycles. The predicted octanol–water partition coefficient (Wildman–Crippen LogP) is 3.13. The highest BCUT2D eigenvalue weighted by Gasteiger charge is 2.17. The Bertz CT molecular complexity index is 572. The van der Waals surface area contributed by atoms with Crippen molar-refractivity contribution in [3.8, 4) is 11.5 Å². The molecule has 0 radical (unpaired) electrons. The lowest BCUT2D eigenvalue weighted by Crippen LogP contribution is -2.31. The Labute approximate surface area is 128 Å². The molecule has 0 unspecified atom stereocenters. The van der Waals surface area contributed by atoms with Crippen LogP contribution < -0.4 is 0 Å². The van der Waals surface area contributed by atoms with E-state index in [4.69, 9.17) is 4.42 Å². The van der Waals surface area contributed by atoms with Crippen LogP contribution in [0.4, 0.5) is 0 Å². The molecule has 0 spiro atoms. The van der Waals surface area contributed by atoms with Crippen LogP contribution in [0.25, 0.3) is 11.5 Å². The minimum Gasteiger partial charge on any atom is -0.421 e. The molecule has 6 heteroatoms. The number of nitrogens with zero attached hydrogens (tertiary/aromatic N) is 3. The van der Waals surface area contributed by atoms with Crippen molar-refractivity contribution in [3.63, 3.8) is 0 Å². The number of carbonyl (C=O) groups is 1. The van der Waals surface area contributed by atoms with E-state index in [9.17, 15) is 4.79 Å². The molecule has 5 nitrogen and oxygen atoms in total. The van der Waals surface area contributed by atoms with Crippen LogP contribution in [0.1, 0.15) is 38.0 Å². The Balaban J connectivity index is 1.54. The Morgan fingerprint density at radius 3 is 2.76 bits per heavy atom. The molecule has 1 saturated heterocycles. The van der Waals surface area contributed by atoms with Crippen LogP contribution >= 0.6 is 11.3 Å². The monoisotopic (exact) mass is 305 g/mol. The van der Waals surface area contributed by atoms with E-state index < -0.39 is 0 Å². The largest absolute Gasteiger partial charge is 0.421 e. The van der Waals surface area contributed by atoms with Crippen molar-refractivity contribution in [2.75, 3.05) is 13.1 Å². The lowest BCUT2D eigenvalue weighted by molar-refractivity contribution is -0.131. The molecule has 1 aliphatic rings. The molecule has 2 aromatic rings. The van der Waals surface area contributed by atoms with Gasteiger partial charge in [0.2, 0.25) is 17.7 Å². The number of likely N-dealkylation sites (tertiary alicyclic amines) is 1. The molecule has 1 fully saturated rings. The normalized spacial score (nSPS) is 15.9. The van der Waals surface area contributed by atoms with Crippen molar-refractivity contribution < 1.29 is 9.21 Å². The van der Waals surface area contributed by atoms with Crippen LogP contribution in [0.3, 0.4) is 0 Å². The first-order valence-electron chi connectivity index (χ1n) is 7.45. The van der Waals surface area contributed by atoms with E-state index in [2.05, 4.69) is 10.2 Å². The van der Waals surface area contributed by atoms with Crippen LogP contribution in [0.5, 0.6) is 0 Å². The van der Waals surface area contributed by atoms with Gasteiger partial charge >= 0.3 is 0 Å². The zero-order valence-corrected chi connectivity index (χ0v) is 12.8. The molecule has 1 amide bonds. The van der Waals surface area contributed by atoms with Gasteiger partial charge in [-0.1, -0.05) is 12.8 Å². The quantitative estimate of drug-likeness (QED) is 0.870. The van der Waals surface area contributed by atoms with E-state index in [0.29, 0.717) is 24.6 Å². The Hall–Kier alpha value is -1.69. The molecule has 0 saturated carbocycles. The van der Waals surface area contributed by atoms with E-state index in [0.717, 1.165) is 31.5 Å². The zero-order valence-electron chi connectivity index (χ0n) is 12.0. The number of hydrogen-bond donors (Lipinski definition) is 0. The van der Waals surface area contributed by atoms with Gasteiger partial charge in [-0.2, -0.15) is 11.3 Å². The lowest BCUT2D eigenvalue weighted by atomic mass is 10.2. The summed E-state index contributed by atoms with van der Waals surface area (Å²) in [4.78, 5) is 14.2. The average molecular weight is 305 g/mol. The predicted molar refractivity (Wildman–Crippen MR) is 81.0 cm³/mol. The number of amides is 1. The topological polar surface area (TPSA) is 59.2 Å². The van der Waals surface area contributed by atoms with Gasteiger partial charge in [0.15, 0.2) is 0 Å². The molecular formula is C15H19N3O2S. The fourth-order valence-corrected chi connectivity index (χ4v) is 3.18. The van der Waals surface area contributed by atoms with E-state index in [1.807, 2.05) is 21.7 Å². The summed E-state index contributed by atoms with van der Waals surface area (Å²) in [6.45, 7) is 1.78. The summed E-state index contributed by atoms with van der Waals surface area (Å²) in [5, 5.41) is 12.0. The number of aromatic nitrogens is 2. The third-order valence-electron chi connectivity index (χ3n) is 3.75. The van der Waals surface area contributed by atoms with Gasteiger partial charge in [-0.25, -0.2) is 0 Å². The molecule has 112 valence electrons. The minimum absolute atomic E-state index is 0.201. The molecular weight excluding hydrogens is 286 g/mol. The Kier molecular flexibility index (Phi) is 4.65. The Morgan fingerprint density at radius 1 is 1.24 bits per heavy atom. The first-order chi connectivity index (χ1) is 10.3. The summed E-state index contributed by atoms with van der Waals surface area (Å²) < 4.78 is 5.60. The van der Waals surface area contributed by atoms with E-state index in [-0.39, 0.29) is 5.91 Å². The maximum atomic E-state index is 12.2. The first kappa shape index (κ1) is 14.3. The summed E-state index contributed by atoms with van der Waals surface area (Å²) in [6, 6.07) is 1.95. The van der Waals surface area contributed by atoms with Gasteiger partial charge in [0.05, 0.1) is 0 Å². The molecule has 3 heterocycles. The molecule has 0 bridgehead atoms. The number of aryl methyl sites for hydroxylation is 1. The first-order valence-corrected chi connectivity index (χ1v) is 8.40. The second-order valence-electron chi connectivity index (χ2n) is 5.31. The summed E-state index contributed by atoms with van der Waals surface area (Å²) in [5.41, 5.74) is 0.942. The molecule has 1 aliphatic heterocycles. The van der Waals surface area contributed by atoms with Crippen molar-refractivity contribution in [2.45, 2.75) is 38.5 Å². The van der Waals surface area contributed by atoms with Crippen molar-refractivity contribution >= 4 is 17.2 Å². The van der Waals surface area contributed by atoms with Crippen molar-refractivity contribution in [1.82, 2.24) is 15.1 Å². The third-order valence-corrected chi connectivity index (χ3v) is 4.43. The van der Waals surface area contributed by atoms with Gasteiger partial charge in [-0.15, -0.1) is 10.2 Å². The number of hydrogen-bond acceptors (Lipinski definition) is 5. The van der Waals surface area contributed by atoms with Crippen molar-refractivity contribution in [3.05, 3.63) is 22.7 Å². The van der Waals surface area contributed by atoms with Gasteiger partial charge in [-0.3, -0.25) is 4.79 Å². The molecule has 21 heavy (non-hydrogen) atoms. The second kappa shape index (κ2) is 6.85. The highest BCUT2D eigenvalue weighted by molar-refractivity contribution is 7.08. The fourth-order valence-electron chi connectivity index (χ4n) is 2.55. The molecule has 3 rings (SSSR count). The van der Waals surface area contributed by atoms with E-state index >= 15 is 0 Å². The zero-order chi connectivity index (χ0) is 14.5. The number of rotatable bonds is 4. The standard InChI is InChI=1S/C15H19N3O2S/c19-14(18-8-3-1-2-4-9-18)6-5-13-16-17-15(20-13)12-7-10-21-11-12/h7,10-11H,1-6,8-9H2. The summed E-state index contributed by atoms with van der Waals surface area (Å²) in [6.07, 6.45) is 5.68. The molecule has 0 N–H and O–H groups in total. The highest BCUT2D eigenvalue weighted by Crippen LogP contribution is 2.21.